The maximum Gasteiger partial charge on any atom is 0.410 e. The van der Waals surface area contributed by atoms with Crippen LogP contribution in [0.3, 0.4) is 0 Å². The van der Waals surface area contributed by atoms with Crippen LogP contribution in [0.25, 0.3) is 11.0 Å². The molecule has 1 aromatic heterocycles. The molecule has 1 saturated heterocycles. The van der Waals surface area contributed by atoms with Gasteiger partial charge in [-0.05, 0) is 30.0 Å². The smallest absolute Gasteiger partial charge is 0.410 e. The van der Waals surface area contributed by atoms with E-state index in [-0.39, 0.29) is 24.4 Å². The van der Waals surface area contributed by atoms with E-state index in [2.05, 4.69) is 4.98 Å². The fourth-order valence-corrected chi connectivity index (χ4v) is 3.75. The Morgan fingerprint density at radius 1 is 1.11 bits per heavy atom. The van der Waals surface area contributed by atoms with Crippen molar-refractivity contribution in [3.05, 3.63) is 66.0 Å². The van der Waals surface area contributed by atoms with Crippen LogP contribution >= 0.6 is 0 Å². The Morgan fingerprint density at radius 3 is 2.64 bits per heavy atom. The fourth-order valence-electron chi connectivity index (χ4n) is 3.75. The summed E-state index contributed by atoms with van der Waals surface area (Å²) in [5.41, 5.74) is 2.75. The van der Waals surface area contributed by atoms with Gasteiger partial charge in [0.25, 0.3) is 0 Å². The molecule has 0 bridgehead atoms. The van der Waals surface area contributed by atoms with Crippen molar-refractivity contribution in [1.82, 2.24) is 14.5 Å². The molecule has 0 N–H and O–H groups in total. The van der Waals surface area contributed by atoms with Crippen molar-refractivity contribution >= 4 is 22.9 Å². The number of Topliss-reactive ketones (excluding diaryl/α,β-unsaturated/α-hetero) is 1. The molecule has 1 aliphatic heterocycles. The molecule has 6 heteroatoms. The van der Waals surface area contributed by atoms with E-state index in [4.69, 9.17) is 4.74 Å². The zero-order valence-corrected chi connectivity index (χ0v) is 15.9. The molecule has 0 spiro atoms. The number of imidazole rings is 1. The Labute approximate surface area is 163 Å². The first-order chi connectivity index (χ1) is 13.6. The van der Waals surface area contributed by atoms with Gasteiger partial charge in [-0.25, -0.2) is 9.78 Å². The number of benzene rings is 2. The molecule has 0 radical (unpaired) electrons. The number of ketones is 1. The van der Waals surface area contributed by atoms with Crippen molar-refractivity contribution in [2.45, 2.75) is 26.5 Å². The van der Waals surface area contributed by atoms with Crippen LogP contribution in [0, 0.1) is 5.92 Å². The fraction of sp³-hybridized carbons (Fsp3) is 0.318. The van der Waals surface area contributed by atoms with Crippen LogP contribution in [0.15, 0.2) is 54.6 Å². The predicted molar refractivity (Wildman–Crippen MR) is 106 cm³/mol. The summed E-state index contributed by atoms with van der Waals surface area (Å²) in [7, 11) is 0. The van der Waals surface area contributed by atoms with Crippen molar-refractivity contribution in [1.29, 1.82) is 0 Å². The Bertz CT molecular complexity index is 997. The number of carbonyl (C=O) groups is 2. The molecule has 1 unspecified atom stereocenters. The normalized spacial score (nSPS) is 16.5. The lowest BCUT2D eigenvalue weighted by Crippen LogP contribution is -2.30. The number of fused-ring (bicyclic) bond motifs is 1. The van der Waals surface area contributed by atoms with Gasteiger partial charge in [0.1, 0.15) is 6.61 Å². The summed E-state index contributed by atoms with van der Waals surface area (Å²) in [6.07, 6.45) is 0.596. The second-order valence-electron chi connectivity index (χ2n) is 7.23. The van der Waals surface area contributed by atoms with Crippen LogP contribution < -0.4 is 0 Å². The maximum atomic E-state index is 12.4. The Balaban J connectivity index is 1.41. The number of carbonyl (C=O) groups excluding carboxylic acids is 2. The average Bonchev–Trinajstić information content (AvgIpc) is 3.33. The third-order valence-electron chi connectivity index (χ3n) is 5.16. The van der Waals surface area contributed by atoms with Crippen molar-refractivity contribution in [3.63, 3.8) is 0 Å². The van der Waals surface area contributed by atoms with Gasteiger partial charge in [0.2, 0.25) is 0 Å². The minimum absolute atomic E-state index is 0.0478. The third-order valence-corrected chi connectivity index (χ3v) is 5.16. The molecule has 144 valence electrons. The van der Waals surface area contributed by atoms with Crippen LogP contribution in [0.5, 0.6) is 0 Å². The van der Waals surface area contributed by atoms with E-state index in [1.807, 2.05) is 59.2 Å². The van der Waals surface area contributed by atoms with Crippen molar-refractivity contribution in [3.8, 4) is 0 Å². The first-order valence-electron chi connectivity index (χ1n) is 9.53. The predicted octanol–water partition coefficient (Wildman–Crippen LogP) is 3.90. The highest BCUT2D eigenvalue weighted by molar-refractivity contribution is 5.94. The summed E-state index contributed by atoms with van der Waals surface area (Å²) in [6, 6.07) is 17.4. The monoisotopic (exact) mass is 377 g/mol. The second-order valence-corrected chi connectivity index (χ2v) is 7.23. The largest absolute Gasteiger partial charge is 0.445 e. The SMILES string of the molecule is CC(=O)c1nc2ccccc2n1CC1CCN(C(=O)OCc2ccccc2)C1. The average molecular weight is 377 g/mol. The zero-order valence-electron chi connectivity index (χ0n) is 15.9. The maximum absolute atomic E-state index is 12.4. The quantitative estimate of drug-likeness (QED) is 0.633. The first-order valence-corrected chi connectivity index (χ1v) is 9.53. The van der Waals surface area contributed by atoms with Gasteiger partial charge in [-0.2, -0.15) is 0 Å². The van der Waals surface area contributed by atoms with Crippen molar-refractivity contribution < 1.29 is 14.3 Å². The van der Waals surface area contributed by atoms with Crippen LogP contribution in [-0.2, 0) is 17.9 Å². The van der Waals surface area contributed by atoms with E-state index in [9.17, 15) is 9.59 Å². The highest BCUT2D eigenvalue weighted by Gasteiger charge is 2.29. The number of rotatable bonds is 5. The van der Waals surface area contributed by atoms with Gasteiger partial charge >= 0.3 is 6.09 Å². The molecule has 6 nitrogen and oxygen atoms in total. The van der Waals surface area contributed by atoms with E-state index in [1.54, 1.807) is 11.8 Å². The van der Waals surface area contributed by atoms with E-state index >= 15 is 0 Å². The molecule has 1 fully saturated rings. The van der Waals surface area contributed by atoms with E-state index in [1.165, 1.54) is 0 Å². The second kappa shape index (κ2) is 7.84. The number of nitrogens with zero attached hydrogens (tertiary/aromatic N) is 3. The number of ether oxygens (including phenoxy) is 1. The van der Waals surface area contributed by atoms with Gasteiger partial charge in [-0.1, -0.05) is 42.5 Å². The molecule has 2 heterocycles. The standard InChI is InChI=1S/C22H23N3O3/c1-16(26)21-23-19-9-5-6-10-20(19)25(21)14-18-11-12-24(13-18)22(27)28-15-17-7-3-2-4-8-17/h2-10,18H,11-15H2,1H3. The minimum atomic E-state index is -0.284. The summed E-state index contributed by atoms with van der Waals surface area (Å²) >= 11 is 0. The van der Waals surface area contributed by atoms with E-state index < -0.39 is 0 Å². The number of likely N-dealkylation sites (tertiary alicyclic amines) is 1. The van der Waals surface area contributed by atoms with Crippen molar-refractivity contribution in [2.75, 3.05) is 13.1 Å². The van der Waals surface area contributed by atoms with Gasteiger partial charge in [-0.15, -0.1) is 0 Å². The summed E-state index contributed by atoms with van der Waals surface area (Å²) in [4.78, 5) is 30.6. The summed E-state index contributed by atoms with van der Waals surface area (Å²) in [5.74, 6) is 0.694. The molecule has 0 saturated carbocycles. The number of hydrogen-bond donors (Lipinski definition) is 0. The molecule has 1 amide bonds. The van der Waals surface area contributed by atoms with Gasteiger partial charge in [-0.3, -0.25) is 4.79 Å². The Morgan fingerprint density at radius 2 is 1.86 bits per heavy atom. The molecular formula is C22H23N3O3. The number of para-hydroxylation sites is 2. The van der Waals surface area contributed by atoms with Gasteiger partial charge in [0, 0.05) is 26.6 Å². The summed E-state index contributed by atoms with van der Waals surface area (Å²) in [6.45, 7) is 3.77. The van der Waals surface area contributed by atoms with Crippen LogP contribution in [0.2, 0.25) is 0 Å². The molecule has 3 aromatic rings. The molecule has 4 rings (SSSR count). The first kappa shape index (κ1) is 18.2. The van der Waals surface area contributed by atoms with Crippen LogP contribution in [0.1, 0.15) is 29.5 Å². The number of hydrogen-bond acceptors (Lipinski definition) is 4. The molecule has 1 aliphatic rings. The van der Waals surface area contributed by atoms with Gasteiger partial charge < -0.3 is 14.2 Å². The lowest BCUT2D eigenvalue weighted by atomic mass is 10.1. The molecule has 1 atom stereocenters. The molecular weight excluding hydrogens is 354 g/mol. The summed E-state index contributed by atoms with van der Waals surface area (Å²) < 4.78 is 7.43. The Hall–Kier alpha value is -3.15. The van der Waals surface area contributed by atoms with E-state index in [0.29, 0.717) is 25.5 Å². The Kier molecular flexibility index (Phi) is 5.10. The van der Waals surface area contributed by atoms with Crippen molar-refractivity contribution in [2.24, 2.45) is 5.92 Å². The highest BCUT2D eigenvalue weighted by atomic mass is 16.6. The lowest BCUT2D eigenvalue weighted by molar-refractivity contribution is 0.0991. The van der Waals surface area contributed by atoms with Gasteiger partial charge in [0.15, 0.2) is 11.6 Å². The summed E-state index contributed by atoms with van der Waals surface area (Å²) in [5, 5.41) is 0. The van der Waals surface area contributed by atoms with Crippen LogP contribution in [0.4, 0.5) is 4.79 Å². The minimum Gasteiger partial charge on any atom is -0.445 e. The topological polar surface area (TPSA) is 64.4 Å². The van der Waals surface area contributed by atoms with Crippen LogP contribution in [-0.4, -0.2) is 39.4 Å². The van der Waals surface area contributed by atoms with Gasteiger partial charge in [0.05, 0.1) is 11.0 Å². The lowest BCUT2D eigenvalue weighted by Gasteiger charge is -2.17. The molecule has 28 heavy (non-hydrogen) atoms. The number of amides is 1. The third kappa shape index (κ3) is 3.76. The number of aromatic nitrogens is 2. The molecule has 2 aromatic carbocycles. The highest BCUT2D eigenvalue weighted by Crippen LogP contribution is 2.24. The molecule has 0 aliphatic carbocycles. The van der Waals surface area contributed by atoms with E-state index in [0.717, 1.165) is 23.0 Å². The zero-order chi connectivity index (χ0) is 19.5.